The Hall–Kier alpha value is -1.09. The highest BCUT2D eigenvalue weighted by Crippen LogP contribution is 2.28. The molecule has 0 aliphatic heterocycles. The van der Waals surface area contributed by atoms with Crippen LogP contribution in [0.2, 0.25) is 0 Å². The summed E-state index contributed by atoms with van der Waals surface area (Å²) in [7, 11) is 1.56. The molecule has 0 saturated carbocycles. The van der Waals surface area contributed by atoms with E-state index in [1.165, 1.54) is 18.9 Å². The Kier molecular flexibility index (Phi) is 6.85. The van der Waals surface area contributed by atoms with Gasteiger partial charge >= 0.3 is 0 Å². The Bertz CT molecular complexity index is 381. The average Bonchev–Trinajstić information content (AvgIpc) is 2.38. The maximum Gasteiger partial charge on any atom is 0.131 e. The molecule has 19 heavy (non-hydrogen) atoms. The summed E-state index contributed by atoms with van der Waals surface area (Å²) < 4.78 is 19.2. The Morgan fingerprint density at radius 2 is 2.05 bits per heavy atom. The van der Waals surface area contributed by atoms with Gasteiger partial charge < -0.3 is 10.1 Å². The van der Waals surface area contributed by atoms with Gasteiger partial charge in [-0.3, -0.25) is 0 Å². The number of ether oxygens (including phenoxy) is 1. The first-order valence-corrected chi connectivity index (χ1v) is 7.19. The van der Waals surface area contributed by atoms with Gasteiger partial charge in [0.1, 0.15) is 11.6 Å². The first-order chi connectivity index (χ1) is 9.12. The maximum absolute atomic E-state index is 14.1. The summed E-state index contributed by atoms with van der Waals surface area (Å²) in [6, 6.07) is 5.20. The summed E-state index contributed by atoms with van der Waals surface area (Å²) in [4.78, 5) is 0. The SMILES string of the molecule is CCCC(C)CC(NCC)c1ccc(OC)cc1F. The van der Waals surface area contributed by atoms with Crippen LogP contribution in [-0.2, 0) is 0 Å². The van der Waals surface area contributed by atoms with Crippen molar-refractivity contribution in [2.24, 2.45) is 5.92 Å². The molecule has 0 bridgehead atoms. The molecule has 1 aromatic rings. The number of nitrogens with one attached hydrogen (secondary N) is 1. The molecule has 0 heterocycles. The van der Waals surface area contributed by atoms with E-state index in [1.54, 1.807) is 7.11 Å². The van der Waals surface area contributed by atoms with Gasteiger partial charge in [0.2, 0.25) is 0 Å². The third kappa shape index (κ3) is 4.83. The van der Waals surface area contributed by atoms with E-state index in [2.05, 4.69) is 26.1 Å². The maximum atomic E-state index is 14.1. The van der Waals surface area contributed by atoms with Gasteiger partial charge in [-0.1, -0.05) is 39.7 Å². The van der Waals surface area contributed by atoms with E-state index in [0.717, 1.165) is 18.5 Å². The van der Waals surface area contributed by atoms with Gasteiger partial charge in [0, 0.05) is 17.7 Å². The van der Waals surface area contributed by atoms with Crippen LogP contribution in [0, 0.1) is 11.7 Å². The lowest BCUT2D eigenvalue weighted by Gasteiger charge is -2.22. The summed E-state index contributed by atoms with van der Waals surface area (Å²) in [6.45, 7) is 7.32. The lowest BCUT2D eigenvalue weighted by Crippen LogP contribution is -2.24. The summed E-state index contributed by atoms with van der Waals surface area (Å²) >= 11 is 0. The monoisotopic (exact) mass is 267 g/mol. The Balaban J connectivity index is 2.85. The van der Waals surface area contributed by atoms with Crippen molar-refractivity contribution < 1.29 is 9.13 Å². The number of rotatable bonds is 8. The van der Waals surface area contributed by atoms with Gasteiger partial charge in [0.25, 0.3) is 0 Å². The molecule has 0 saturated heterocycles. The lowest BCUT2D eigenvalue weighted by atomic mass is 9.92. The summed E-state index contributed by atoms with van der Waals surface area (Å²) in [5.74, 6) is 0.975. The third-order valence-electron chi connectivity index (χ3n) is 3.45. The molecule has 1 N–H and O–H groups in total. The van der Waals surface area contributed by atoms with Crippen LogP contribution in [0.5, 0.6) is 5.75 Å². The van der Waals surface area contributed by atoms with Crippen molar-refractivity contribution in [2.75, 3.05) is 13.7 Å². The molecule has 0 fully saturated rings. The minimum Gasteiger partial charge on any atom is -0.497 e. The molecule has 0 amide bonds. The van der Waals surface area contributed by atoms with E-state index in [4.69, 9.17) is 4.74 Å². The fraction of sp³-hybridized carbons (Fsp3) is 0.625. The fourth-order valence-electron chi connectivity index (χ4n) is 2.50. The molecule has 0 aliphatic rings. The van der Waals surface area contributed by atoms with E-state index in [0.29, 0.717) is 11.7 Å². The standard InChI is InChI=1S/C16H26FNO/c1-5-7-12(3)10-16(18-6-2)14-9-8-13(19-4)11-15(14)17/h8-9,11-12,16,18H,5-7,10H2,1-4H3. The predicted molar refractivity (Wildman–Crippen MR) is 78.1 cm³/mol. The van der Waals surface area contributed by atoms with Crippen LogP contribution < -0.4 is 10.1 Å². The third-order valence-corrected chi connectivity index (χ3v) is 3.45. The van der Waals surface area contributed by atoms with Gasteiger partial charge in [-0.25, -0.2) is 4.39 Å². The first-order valence-electron chi connectivity index (χ1n) is 7.19. The van der Waals surface area contributed by atoms with E-state index in [-0.39, 0.29) is 11.9 Å². The van der Waals surface area contributed by atoms with Crippen molar-refractivity contribution in [3.63, 3.8) is 0 Å². The average molecular weight is 267 g/mol. The second-order valence-electron chi connectivity index (χ2n) is 5.13. The molecule has 0 aliphatic carbocycles. The van der Waals surface area contributed by atoms with Crippen LogP contribution in [0.3, 0.4) is 0 Å². The zero-order chi connectivity index (χ0) is 14.3. The molecular formula is C16H26FNO. The Morgan fingerprint density at radius 3 is 2.58 bits per heavy atom. The number of methoxy groups -OCH3 is 1. The topological polar surface area (TPSA) is 21.3 Å². The number of halogens is 1. The van der Waals surface area contributed by atoms with E-state index in [1.807, 2.05) is 12.1 Å². The van der Waals surface area contributed by atoms with Gasteiger partial charge in [-0.15, -0.1) is 0 Å². The van der Waals surface area contributed by atoms with E-state index in [9.17, 15) is 4.39 Å². The molecule has 2 nitrogen and oxygen atoms in total. The van der Waals surface area contributed by atoms with Crippen LogP contribution in [0.15, 0.2) is 18.2 Å². The van der Waals surface area contributed by atoms with Crippen LogP contribution in [-0.4, -0.2) is 13.7 Å². The van der Waals surface area contributed by atoms with Crippen LogP contribution in [0.25, 0.3) is 0 Å². The zero-order valence-corrected chi connectivity index (χ0v) is 12.5. The molecule has 3 heteroatoms. The highest BCUT2D eigenvalue weighted by Gasteiger charge is 2.18. The summed E-state index contributed by atoms with van der Waals surface area (Å²) in [5, 5.41) is 3.39. The largest absolute Gasteiger partial charge is 0.497 e. The second kappa shape index (κ2) is 8.16. The smallest absolute Gasteiger partial charge is 0.131 e. The van der Waals surface area contributed by atoms with Crippen LogP contribution in [0.1, 0.15) is 51.6 Å². The molecule has 1 aromatic carbocycles. The number of benzene rings is 1. The van der Waals surface area contributed by atoms with Crippen molar-refractivity contribution in [3.05, 3.63) is 29.6 Å². The second-order valence-corrected chi connectivity index (χ2v) is 5.13. The quantitative estimate of drug-likeness (QED) is 0.757. The lowest BCUT2D eigenvalue weighted by molar-refractivity contribution is 0.382. The van der Waals surface area contributed by atoms with Gasteiger partial charge in [0.15, 0.2) is 0 Å². The van der Waals surface area contributed by atoms with Crippen LogP contribution >= 0.6 is 0 Å². The van der Waals surface area contributed by atoms with Gasteiger partial charge in [0.05, 0.1) is 7.11 Å². The summed E-state index contributed by atoms with van der Waals surface area (Å²) in [6.07, 6.45) is 3.32. The summed E-state index contributed by atoms with van der Waals surface area (Å²) in [5.41, 5.74) is 0.741. The first kappa shape index (κ1) is 16.0. The van der Waals surface area contributed by atoms with E-state index >= 15 is 0 Å². The molecule has 108 valence electrons. The number of hydrogen-bond donors (Lipinski definition) is 1. The van der Waals surface area contributed by atoms with Crippen molar-refractivity contribution in [1.82, 2.24) is 5.32 Å². The number of hydrogen-bond acceptors (Lipinski definition) is 2. The molecule has 2 unspecified atom stereocenters. The predicted octanol–water partition coefficient (Wildman–Crippen LogP) is 4.31. The minimum absolute atomic E-state index is 0.0810. The van der Waals surface area contributed by atoms with Crippen molar-refractivity contribution in [3.8, 4) is 5.75 Å². The van der Waals surface area contributed by atoms with Crippen molar-refractivity contribution in [2.45, 2.75) is 46.1 Å². The molecule has 0 radical (unpaired) electrons. The van der Waals surface area contributed by atoms with Gasteiger partial charge in [-0.2, -0.15) is 0 Å². The zero-order valence-electron chi connectivity index (χ0n) is 12.5. The van der Waals surface area contributed by atoms with E-state index < -0.39 is 0 Å². The van der Waals surface area contributed by atoms with Gasteiger partial charge in [-0.05, 0) is 24.9 Å². The minimum atomic E-state index is -0.186. The molecule has 1 rings (SSSR count). The highest BCUT2D eigenvalue weighted by molar-refractivity contribution is 5.30. The molecule has 0 aromatic heterocycles. The van der Waals surface area contributed by atoms with Crippen molar-refractivity contribution >= 4 is 0 Å². The normalized spacial score (nSPS) is 14.2. The molecule has 0 spiro atoms. The Morgan fingerprint density at radius 1 is 1.32 bits per heavy atom. The molecule has 2 atom stereocenters. The van der Waals surface area contributed by atoms with Crippen LogP contribution in [0.4, 0.5) is 4.39 Å². The Labute approximate surface area is 116 Å². The highest BCUT2D eigenvalue weighted by atomic mass is 19.1. The molecular weight excluding hydrogens is 241 g/mol. The fourth-order valence-corrected chi connectivity index (χ4v) is 2.50. The van der Waals surface area contributed by atoms with Crippen molar-refractivity contribution in [1.29, 1.82) is 0 Å².